The first-order chi connectivity index (χ1) is 8.63. The maximum Gasteiger partial charge on any atom is 0.143 e. The molecule has 0 saturated heterocycles. The molecular weight excluding hydrogens is 252 g/mol. The predicted octanol–water partition coefficient (Wildman–Crippen LogP) is 2.65. The Morgan fingerprint density at radius 1 is 1.22 bits per heavy atom. The van der Waals surface area contributed by atoms with Crippen molar-refractivity contribution in [3.05, 3.63) is 17.2 Å². The third kappa shape index (κ3) is 2.82. The van der Waals surface area contributed by atoms with Crippen LogP contribution in [0.25, 0.3) is 0 Å². The highest BCUT2D eigenvalue weighted by atomic mass is 35.5. The van der Waals surface area contributed by atoms with E-state index in [0.717, 1.165) is 30.7 Å². The average Bonchev–Trinajstić information content (AvgIpc) is 2.76. The molecule has 1 fully saturated rings. The van der Waals surface area contributed by atoms with Crippen LogP contribution < -0.4 is 20.5 Å². The maximum absolute atomic E-state index is 6.07. The standard InChI is InChI=1S/C13H19ClN2O2/c1-17-12-7-11(13(18-2)6-10(12)14)16-9-4-3-8(15)5-9/h6-9,16H,3-5,15H2,1-2H3. The minimum absolute atomic E-state index is 0.294. The first kappa shape index (κ1) is 13.3. The lowest BCUT2D eigenvalue weighted by molar-refractivity contribution is 0.404. The van der Waals surface area contributed by atoms with Gasteiger partial charge in [-0.2, -0.15) is 0 Å². The van der Waals surface area contributed by atoms with Crippen LogP contribution in [0.1, 0.15) is 19.3 Å². The number of halogens is 1. The van der Waals surface area contributed by atoms with E-state index in [1.165, 1.54) is 0 Å². The van der Waals surface area contributed by atoms with Crippen molar-refractivity contribution in [2.45, 2.75) is 31.3 Å². The summed E-state index contributed by atoms with van der Waals surface area (Å²) >= 11 is 6.07. The van der Waals surface area contributed by atoms with E-state index >= 15 is 0 Å². The average molecular weight is 271 g/mol. The minimum Gasteiger partial charge on any atom is -0.495 e. The van der Waals surface area contributed by atoms with Crippen LogP contribution >= 0.6 is 11.6 Å². The minimum atomic E-state index is 0.294. The largest absolute Gasteiger partial charge is 0.495 e. The van der Waals surface area contributed by atoms with E-state index in [4.69, 9.17) is 26.8 Å². The molecule has 0 aliphatic heterocycles. The van der Waals surface area contributed by atoms with Gasteiger partial charge in [-0.15, -0.1) is 0 Å². The third-order valence-corrected chi connectivity index (χ3v) is 3.60. The molecule has 1 saturated carbocycles. The van der Waals surface area contributed by atoms with Crippen molar-refractivity contribution in [3.8, 4) is 11.5 Å². The highest BCUT2D eigenvalue weighted by Crippen LogP contribution is 2.37. The van der Waals surface area contributed by atoms with Gasteiger partial charge in [-0.1, -0.05) is 11.6 Å². The van der Waals surface area contributed by atoms with Crippen LogP contribution in [-0.2, 0) is 0 Å². The van der Waals surface area contributed by atoms with Crippen LogP contribution in [0.5, 0.6) is 11.5 Å². The lowest BCUT2D eigenvalue weighted by atomic mass is 10.2. The fourth-order valence-electron chi connectivity index (χ4n) is 2.34. The first-order valence-electron chi connectivity index (χ1n) is 6.07. The van der Waals surface area contributed by atoms with Gasteiger partial charge in [0.25, 0.3) is 0 Å². The molecule has 0 amide bonds. The third-order valence-electron chi connectivity index (χ3n) is 3.31. The van der Waals surface area contributed by atoms with Crippen LogP contribution in [0.15, 0.2) is 12.1 Å². The normalized spacial score (nSPS) is 22.9. The molecule has 5 heteroatoms. The highest BCUT2D eigenvalue weighted by Gasteiger charge is 2.22. The molecule has 1 aromatic rings. The Bertz CT molecular complexity index is 426. The molecule has 0 heterocycles. The number of nitrogens with two attached hydrogens (primary N) is 1. The molecule has 0 spiro atoms. The number of anilines is 1. The lowest BCUT2D eigenvalue weighted by Crippen LogP contribution is -2.21. The van der Waals surface area contributed by atoms with E-state index in [2.05, 4.69) is 5.32 Å². The molecule has 0 aromatic heterocycles. The topological polar surface area (TPSA) is 56.5 Å². The van der Waals surface area contributed by atoms with Crippen molar-refractivity contribution < 1.29 is 9.47 Å². The molecule has 0 bridgehead atoms. The summed E-state index contributed by atoms with van der Waals surface area (Å²) < 4.78 is 10.5. The number of hydrogen-bond donors (Lipinski definition) is 2. The summed E-state index contributed by atoms with van der Waals surface area (Å²) in [6.07, 6.45) is 3.12. The van der Waals surface area contributed by atoms with E-state index in [0.29, 0.717) is 22.9 Å². The summed E-state index contributed by atoms with van der Waals surface area (Å²) in [5.74, 6) is 1.36. The van der Waals surface area contributed by atoms with Crippen LogP contribution in [0, 0.1) is 0 Å². The van der Waals surface area contributed by atoms with E-state index in [1.54, 1.807) is 20.3 Å². The number of methoxy groups -OCH3 is 2. The predicted molar refractivity (Wildman–Crippen MR) is 73.8 cm³/mol. The summed E-state index contributed by atoms with van der Waals surface area (Å²) in [7, 11) is 3.23. The molecule has 3 N–H and O–H groups in total. The molecule has 2 atom stereocenters. The van der Waals surface area contributed by atoms with Gasteiger partial charge in [-0.3, -0.25) is 0 Å². The number of hydrogen-bond acceptors (Lipinski definition) is 4. The number of nitrogens with one attached hydrogen (secondary N) is 1. The summed E-state index contributed by atoms with van der Waals surface area (Å²) in [5, 5.41) is 3.99. The number of rotatable bonds is 4. The Morgan fingerprint density at radius 2 is 1.94 bits per heavy atom. The fraction of sp³-hybridized carbons (Fsp3) is 0.538. The first-order valence-corrected chi connectivity index (χ1v) is 6.45. The zero-order valence-corrected chi connectivity index (χ0v) is 11.5. The van der Waals surface area contributed by atoms with Crippen LogP contribution in [0.3, 0.4) is 0 Å². The van der Waals surface area contributed by atoms with Gasteiger partial charge >= 0.3 is 0 Å². The second-order valence-corrected chi connectivity index (χ2v) is 5.01. The van der Waals surface area contributed by atoms with Gasteiger partial charge in [0.1, 0.15) is 11.5 Å². The molecule has 2 rings (SSSR count). The van der Waals surface area contributed by atoms with E-state index < -0.39 is 0 Å². The Labute approximate surface area is 112 Å². The van der Waals surface area contributed by atoms with Gasteiger partial charge in [-0.25, -0.2) is 0 Å². The second kappa shape index (κ2) is 5.67. The van der Waals surface area contributed by atoms with E-state index in [9.17, 15) is 0 Å². The molecule has 1 aromatic carbocycles. The Kier molecular flexibility index (Phi) is 4.19. The smallest absolute Gasteiger partial charge is 0.143 e. The Morgan fingerprint density at radius 3 is 2.50 bits per heavy atom. The lowest BCUT2D eigenvalue weighted by Gasteiger charge is -2.18. The van der Waals surface area contributed by atoms with Crippen molar-refractivity contribution >= 4 is 17.3 Å². The van der Waals surface area contributed by atoms with Gasteiger partial charge in [0.15, 0.2) is 0 Å². The number of benzene rings is 1. The zero-order valence-electron chi connectivity index (χ0n) is 10.7. The molecule has 0 radical (unpaired) electrons. The molecule has 1 aliphatic rings. The van der Waals surface area contributed by atoms with Crippen molar-refractivity contribution in [1.82, 2.24) is 0 Å². The SMILES string of the molecule is COc1cc(NC2CCC(N)C2)c(OC)cc1Cl. The Hall–Kier alpha value is -1.13. The van der Waals surface area contributed by atoms with E-state index in [1.807, 2.05) is 6.07 Å². The molecule has 1 aliphatic carbocycles. The summed E-state index contributed by atoms with van der Waals surface area (Å²) in [5.41, 5.74) is 6.81. The molecule has 100 valence electrons. The van der Waals surface area contributed by atoms with Crippen molar-refractivity contribution in [3.63, 3.8) is 0 Å². The van der Waals surface area contributed by atoms with Gasteiger partial charge in [0.05, 0.1) is 24.9 Å². The van der Waals surface area contributed by atoms with Crippen molar-refractivity contribution in [1.29, 1.82) is 0 Å². The zero-order chi connectivity index (χ0) is 13.1. The quantitative estimate of drug-likeness (QED) is 0.883. The highest BCUT2D eigenvalue weighted by molar-refractivity contribution is 6.32. The summed E-state index contributed by atoms with van der Waals surface area (Å²) in [4.78, 5) is 0. The molecule has 2 unspecified atom stereocenters. The van der Waals surface area contributed by atoms with Crippen molar-refractivity contribution in [2.24, 2.45) is 5.73 Å². The number of ether oxygens (including phenoxy) is 2. The van der Waals surface area contributed by atoms with Crippen molar-refractivity contribution in [2.75, 3.05) is 19.5 Å². The van der Waals surface area contributed by atoms with Crippen LogP contribution in [0.2, 0.25) is 5.02 Å². The molecule has 4 nitrogen and oxygen atoms in total. The second-order valence-electron chi connectivity index (χ2n) is 4.60. The van der Waals surface area contributed by atoms with Crippen LogP contribution in [0.4, 0.5) is 5.69 Å². The fourth-order valence-corrected chi connectivity index (χ4v) is 2.57. The maximum atomic E-state index is 6.07. The monoisotopic (exact) mass is 270 g/mol. The van der Waals surface area contributed by atoms with Gasteiger partial charge in [0.2, 0.25) is 0 Å². The van der Waals surface area contributed by atoms with Gasteiger partial charge in [-0.05, 0) is 19.3 Å². The van der Waals surface area contributed by atoms with Gasteiger partial charge in [0, 0.05) is 24.2 Å². The molecule has 18 heavy (non-hydrogen) atoms. The van der Waals surface area contributed by atoms with Gasteiger partial charge < -0.3 is 20.5 Å². The Balaban J connectivity index is 2.20. The summed E-state index contributed by atoms with van der Waals surface area (Å²) in [6.45, 7) is 0. The van der Waals surface area contributed by atoms with Crippen LogP contribution in [-0.4, -0.2) is 26.3 Å². The molecular formula is C13H19ClN2O2. The van der Waals surface area contributed by atoms with E-state index in [-0.39, 0.29) is 0 Å². The summed E-state index contributed by atoms with van der Waals surface area (Å²) in [6, 6.07) is 4.31.